The largest absolute Gasteiger partial charge is 0.497 e. The molecule has 0 spiro atoms. The zero-order valence-corrected chi connectivity index (χ0v) is 9.51. The van der Waals surface area contributed by atoms with E-state index < -0.39 is 0 Å². The molecule has 88 valence electrons. The molecule has 0 unspecified atom stereocenters. The minimum atomic E-state index is 0.510. The first-order valence-electron chi connectivity index (χ1n) is 5.16. The first-order chi connectivity index (χ1) is 8.19. The summed E-state index contributed by atoms with van der Waals surface area (Å²) < 4.78 is 10.7. The number of anilines is 2. The Kier molecular flexibility index (Phi) is 3.05. The minimum Gasteiger partial charge on any atom is -0.497 e. The Hall–Kier alpha value is -2.36. The molecular weight excluding hydrogens is 216 g/mol. The predicted octanol–water partition coefficient (Wildman–Crippen LogP) is 2.65. The number of nitrogens with two attached hydrogens (primary N) is 2. The summed E-state index contributed by atoms with van der Waals surface area (Å²) in [5.74, 6) is 2.16. The molecule has 0 aromatic heterocycles. The number of hydrogen-bond acceptors (Lipinski definition) is 4. The van der Waals surface area contributed by atoms with Crippen molar-refractivity contribution in [3.63, 3.8) is 0 Å². The lowest BCUT2D eigenvalue weighted by atomic mass is 10.2. The van der Waals surface area contributed by atoms with E-state index in [0.717, 1.165) is 11.5 Å². The minimum absolute atomic E-state index is 0.510. The second-order valence-electron chi connectivity index (χ2n) is 3.57. The zero-order valence-electron chi connectivity index (χ0n) is 9.51. The highest BCUT2D eigenvalue weighted by Crippen LogP contribution is 2.27. The van der Waals surface area contributed by atoms with Crippen molar-refractivity contribution in [2.75, 3.05) is 18.6 Å². The summed E-state index contributed by atoms with van der Waals surface area (Å²) in [5, 5.41) is 0. The Morgan fingerprint density at radius 3 is 1.94 bits per heavy atom. The number of methoxy groups -OCH3 is 1. The molecule has 0 saturated carbocycles. The quantitative estimate of drug-likeness (QED) is 0.795. The molecule has 0 fully saturated rings. The molecule has 0 aliphatic rings. The Morgan fingerprint density at radius 2 is 1.35 bits per heavy atom. The summed E-state index contributed by atoms with van der Waals surface area (Å²) in [6.45, 7) is 0. The molecule has 4 N–H and O–H groups in total. The number of ether oxygens (including phenoxy) is 2. The SMILES string of the molecule is COc1ccc(Oc2ccc(N)c(N)c2)cc1. The molecule has 0 aliphatic carbocycles. The molecule has 0 atom stereocenters. The normalized spacial score (nSPS) is 9.94. The van der Waals surface area contributed by atoms with Crippen LogP contribution in [0.25, 0.3) is 0 Å². The van der Waals surface area contributed by atoms with Crippen LogP contribution in [-0.2, 0) is 0 Å². The first-order valence-corrected chi connectivity index (χ1v) is 5.16. The van der Waals surface area contributed by atoms with Gasteiger partial charge in [0.1, 0.15) is 17.2 Å². The number of benzene rings is 2. The van der Waals surface area contributed by atoms with E-state index in [9.17, 15) is 0 Å². The topological polar surface area (TPSA) is 70.5 Å². The molecule has 4 heteroatoms. The van der Waals surface area contributed by atoms with E-state index in [1.807, 2.05) is 24.3 Å². The zero-order chi connectivity index (χ0) is 12.3. The maximum atomic E-state index is 5.69. The van der Waals surface area contributed by atoms with Crippen molar-refractivity contribution in [2.24, 2.45) is 0 Å². The van der Waals surface area contributed by atoms with Gasteiger partial charge in [-0.15, -0.1) is 0 Å². The average Bonchev–Trinajstić information content (AvgIpc) is 2.35. The molecule has 0 bridgehead atoms. The highest BCUT2D eigenvalue weighted by Gasteiger charge is 2.00. The van der Waals surface area contributed by atoms with Crippen LogP contribution in [0.5, 0.6) is 17.2 Å². The summed E-state index contributed by atoms with van der Waals surface area (Å²) in [6, 6.07) is 12.5. The van der Waals surface area contributed by atoms with Gasteiger partial charge < -0.3 is 20.9 Å². The van der Waals surface area contributed by atoms with Gasteiger partial charge in [0.25, 0.3) is 0 Å². The molecule has 4 nitrogen and oxygen atoms in total. The molecule has 2 rings (SSSR count). The third-order valence-corrected chi connectivity index (χ3v) is 2.35. The van der Waals surface area contributed by atoms with E-state index in [1.165, 1.54) is 0 Å². The van der Waals surface area contributed by atoms with E-state index in [1.54, 1.807) is 25.3 Å². The van der Waals surface area contributed by atoms with Crippen molar-refractivity contribution < 1.29 is 9.47 Å². The fraction of sp³-hybridized carbons (Fsp3) is 0.0769. The van der Waals surface area contributed by atoms with Crippen LogP contribution in [0.4, 0.5) is 11.4 Å². The summed E-state index contributed by atoms with van der Waals surface area (Å²) in [5.41, 5.74) is 12.4. The van der Waals surface area contributed by atoms with Gasteiger partial charge in [-0.25, -0.2) is 0 Å². The van der Waals surface area contributed by atoms with Crippen LogP contribution in [0.1, 0.15) is 0 Å². The van der Waals surface area contributed by atoms with E-state index in [-0.39, 0.29) is 0 Å². The monoisotopic (exact) mass is 230 g/mol. The molecule has 2 aromatic rings. The fourth-order valence-corrected chi connectivity index (χ4v) is 1.40. The fourth-order valence-electron chi connectivity index (χ4n) is 1.40. The summed E-state index contributed by atoms with van der Waals surface area (Å²) in [6.07, 6.45) is 0. The molecule has 0 heterocycles. The maximum absolute atomic E-state index is 5.69. The van der Waals surface area contributed by atoms with E-state index in [0.29, 0.717) is 17.1 Å². The second-order valence-corrected chi connectivity index (χ2v) is 3.57. The molecule has 2 aromatic carbocycles. The molecule has 0 saturated heterocycles. The summed E-state index contributed by atoms with van der Waals surface area (Å²) in [7, 11) is 1.62. The van der Waals surface area contributed by atoms with Crippen LogP contribution in [0.2, 0.25) is 0 Å². The van der Waals surface area contributed by atoms with Gasteiger partial charge in [0.2, 0.25) is 0 Å². The van der Waals surface area contributed by atoms with Crippen LogP contribution in [-0.4, -0.2) is 7.11 Å². The van der Waals surface area contributed by atoms with Crippen molar-refractivity contribution in [1.29, 1.82) is 0 Å². The second kappa shape index (κ2) is 4.65. The highest BCUT2D eigenvalue weighted by molar-refractivity contribution is 5.65. The van der Waals surface area contributed by atoms with Gasteiger partial charge in [0.15, 0.2) is 0 Å². The molecular formula is C13H14N2O2. The Balaban J connectivity index is 2.16. The van der Waals surface area contributed by atoms with Crippen molar-refractivity contribution in [3.05, 3.63) is 42.5 Å². The lowest BCUT2D eigenvalue weighted by molar-refractivity contribution is 0.413. The highest BCUT2D eigenvalue weighted by atomic mass is 16.5. The molecule has 0 amide bonds. The third kappa shape index (κ3) is 2.60. The van der Waals surface area contributed by atoms with Crippen LogP contribution in [0.3, 0.4) is 0 Å². The van der Waals surface area contributed by atoms with Gasteiger partial charge in [-0.1, -0.05) is 0 Å². The van der Waals surface area contributed by atoms with Crippen molar-refractivity contribution in [1.82, 2.24) is 0 Å². The van der Waals surface area contributed by atoms with Gasteiger partial charge in [0.05, 0.1) is 18.5 Å². The number of rotatable bonds is 3. The Bertz CT molecular complexity index is 509. The smallest absolute Gasteiger partial charge is 0.129 e. The molecule has 17 heavy (non-hydrogen) atoms. The summed E-state index contributed by atoms with van der Waals surface area (Å²) in [4.78, 5) is 0. The summed E-state index contributed by atoms with van der Waals surface area (Å²) >= 11 is 0. The van der Waals surface area contributed by atoms with Crippen LogP contribution >= 0.6 is 0 Å². The average molecular weight is 230 g/mol. The lowest BCUT2D eigenvalue weighted by Gasteiger charge is -2.08. The maximum Gasteiger partial charge on any atom is 0.129 e. The van der Waals surface area contributed by atoms with Crippen LogP contribution < -0.4 is 20.9 Å². The van der Waals surface area contributed by atoms with E-state index in [4.69, 9.17) is 20.9 Å². The van der Waals surface area contributed by atoms with Crippen LogP contribution in [0.15, 0.2) is 42.5 Å². The van der Waals surface area contributed by atoms with Gasteiger partial charge >= 0.3 is 0 Å². The Labute approximate surface area is 99.8 Å². The lowest BCUT2D eigenvalue weighted by Crippen LogP contribution is -1.94. The standard InChI is InChI=1S/C13H14N2O2/c1-16-9-2-4-10(5-3-9)17-11-6-7-12(14)13(15)8-11/h2-8H,14-15H2,1H3. The predicted molar refractivity (Wildman–Crippen MR) is 68.3 cm³/mol. The number of nitrogen functional groups attached to an aromatic ring is 2. The van der Waals surface area contributed by atoms with E-state index >= 15 is 0 Å². The van der Waals surface area contributed by atoms with Crippen LogP contribution in [0, 0.1) is 0 Å². The van der Waals surface area contributed by atoms with Crippen molar-refractivity contribution in [2.45, 2.75) is 0 Å². The van der Waals surface area contributed by atoms with Gasteiger partial charge in [-0.3, -0.25) is 0 Å². The first kappa shape index (κ1) is 11.1. The van der Waals surface area contributed by atoms with E-state index in [2.05, 4.69) is 0 Å². The van der Waals surface area contributed by atoms with Gasteiger partial charge in [-0.2, -0.15) is 0 Å². The van der Waals surface area contributed by atoms with Gasteiger partial charge in [0, 0.05) is 6.07 Å². The van der Waals surface area contributed by atoms with Crippen molar-refractivity contribution >= 4 is 11.4 Å². The third-order valence-electron chi connectivity index (χ3n) is 2.35. The molecule has 0 aliphatic heterocycles. The Morgan fingerprint density at radius 1 is 0.765 bits per heavy atom. The number of hydrogen-bond donors (Lipinski definition) is 2. The van der Waals surface area contributed by atoms with Gasteiger partial charge in [-0.05, 0) is 36.4 Å². The van der Waals surface area contributed by atoms with Crippen molar-refractivity contribution in [3.8, 4) is 17.2 Å². The molecule has 0 radical (unpaired) electrons.